The van der Waals surface area contributed by atoms with Crippen molar-refractivity contribution < 1.29 is 5.11 Å². The van der Waals surface area contributed by atoms with Crippen molar-refractivity contribution in [1.82, 2.24) is 0 Å². The molecule has 1 nitrogen and oxygen atoms in total. The van der Waals surface area contributed by atoms with Crippen LogP contribution < -0.4 is 0 Å². The first-order chi connectivity index (χ1) is 6.40. The molecule has 0 bridgehead atoms. The van der Waals surface area contributed by atoms with Crippen LogP contribution in [0.4, 0.5) is 0 Å². The molecule has 2 aromatic rings. The molecule has 1 N–H and O–H groups in total. The minimum absolute atomic E-state index is 0.240. The minimum atomic E-state index is 0.240. The molecule has 0 saturated carbocycles. The molecule has 0 aromatic carbocycles. The highest BCUT2D eigenvalue weighted by molar-refractivity contribution is 7.14. The molecule has 0 fully saturated rings. The summed E-state index contributed by atoms with van der Waals surface area (Å²) in [7, 11) is 0. The Morgan fingerprint density at radius 2 is 2.23 bits per heavy atom. The highest BCUT2D eigenvalue weighted by atomic mass is 32.1. The van der Waals surface area contributed by atoms with E-state index in [2.05, 4.69) is 29.0 Å². The van der Waals surface area contributed by atoms with Crippen LogP contribution in [0.3, 0.4) is 0 Å². The number of hydrogen-bond donors (Lipinski definition) is 1. The maximum absolute atomic E-state index is 8.77. The molecule has 0 atom stereocenters. The van der Waals surface area contributed by atoms with Crippen LogP contribution in [0, 0.1) is 0 Å². The van der Waals surface area contributed by atoms with E-state index in [1.807, 2.05) is 0 Å². The predicted molar refractivity (Wildman–Crippen MR) is 58.4 cm³/mol. The molecule has 2 rings (SSSR count). The SMILES string of the molecule is OCCc1cc(-c2cccs2)cs1. The molecule has 2 heterocycles. The summed E-state index contributed by atoms with van der Waals surface area (Å²) in [5.41, 5.74) is 1.28. The van der Waals surface area contributed by atoms with Gasteiger partial charge in [-0.1, -0.05) is 6.07 Å². The molecule has 13 heavy (non-hydrogen) atoms. The lowest BCUT2D eigenvalue weighted by molar-refractivity contribution is 0.300. The number of hydrogen-bond acceptors (Lipinski definition) is 3. The Labute approximate surface area is 85.3 Å². The van der Waals surface area contributed by atoms with Crippen LogP contribution in [0.5, 0.6) is 0 Å². The van der Waals surface area contributed by atoms with Crippen molar-refractivity contribution in [2.45, 2.75) is 6.42 Å². The molecule has 0 amide bonds. The fourth-order valence-corrected chi connectivity index (χ4v) is 2.86. The van der Waals surface area contributed by atoms with Gasteiger partial charge in [0.25, 0.3) is 0 Å². The van der Waals surface area contributed by atoms with Crippen LogP contribution >= 0.6 is 22.7 Å². The molecule has 0 aliphatic rings. The molecule has 3 heteroatoms. The zero-order chi connectivity index (χ0) is 9.10. The third-order valence-corrected chi connectivity index (χ3v) is 3.73. The van der Waals surface area contributed by atoms with Crippen molar-refractivity contribution in [2.24, 2.45) is 0 Å². The Hall–Kier alpha value is -0.640. The molecule has 2 aromatic heterocycles. The summed E-state index contributed by atoms with van der Waals surface area (Å²) in [5.74, 6) is 0. The van der Waals surface area contributed by atoms with Crippen LogP contribution in [0.2, 0.25) is 0 Å². The van der Waals surface area contributed by atoms with Crippen LogP contribution in [-0.4, -0.2) is 11.7 Å². The third kappa shape index (κ3) is 1.99. The fourth-order valence-electron chi connectivity index (χ4n) is 1.19. The zero-order valence-electron chi connectivity index (χ0n) is 7.06. The van der Waals surface area contributed by atoms with Gasteiger partial charge in [-0.15, -0.1) is 22.7 Å². The standard InChI is InChI=1S/C10H10OS2/c11-4-3-9-6-8(7-13-9)10-2-1-5-12-10/h1-2,5-7,11H,3-4H2. The lowest BCUT2D eigenvalue weighted by Crippen LogP contribution is -1.84. The van der Waals surface area contributed by atoms with Crippen LogP contribution in [0.15, 0.2) is 29.0 Å². The van der Waals surface area contributed by atoms with Crippen molar-refractivity contribution in [3.05, 3.63) is 33.8 Å². The number of aliphatic hydroxyl groups is 1. The van der Waals surface area contributed by atoms with E-state index in [-0.39, 0.29) is 6.61 Å². The smallest absolute Gasteiger partial charge is 0.0479 e. The summed E-state index contributed by atoms with van der Waals surface area (Å²) in [6.07, 6.45) is 0.774. The van der Waals surface area contributed by atoms with Gasteiger partial charge in [-0.25, -0.2) is 0 Å². The predicted octanol–water partition coefficient (Wildman–Crippen LogP) is 3.01. The van der Waals surface area contributed by atoms with Crippen molar-refractivity contribution in [2.75, 3.05) is 6.61 Å². The van der Waals surface area contributed by atoms with E-state index in [1.54, 1.807) is 22.7 Å². The Kier molecular flexibility index (Phi) is 2.78. The highest BCUT2D eigenvalue weighted by Crippen LogP contribution is 2.29. The average molecular weight is 210 g/mol. The van der Waals surface area contributed by atoms with Crippen molar-refractivity contribution in [1.29, 1.82) is 0 Å². The van der Waals surface area contributed by atoms with Crippen molar-refractivity contribution in [3.8, 4) is 10.4 Å². The topological polar surface area (TPSA) is 20.2 Å². The van der Waals surface area contributed by atoms with Crippen LogP contribution in [0.25, 0.3) is 10.4 Å². The molecule has 0 saturated heterocycles. The van der Waals surface area contributed by atoms with Gasteiger partial charge in [-0.05, 0) is 22.9 Å². The second-order valence-corrected chi connectivity index (χ2v) is 4.70. The van der Waals surface area contributed by atoms with Gasteiger partial charge < -0.3 is 5.11 Å². The van der Waals surface area contributed by atoms with Gasteiger partial charge in [0.05, 0.1) is 0 Å². The van der Waals surface area contributed by atoms with Crippen molar-refractivity contribution >= 4 is 22.7 Å². The third-order valence-electron chi connectivity index (χ3n) is 1.82. The van der Waals surface area contributed by atoms with Crippen LogP contribution in [-0.2, 0) is 6.42 Å². The van der Waals surface area contributed by atoms with E-state index in [0.717, 1.165) is 6.42 Å². The largest absolute Gasteiger partial charge is 0.396 e. The molecule has 68 valence electrons. The number of rotatable bonds is 3. The van der Waals surface area contributed by atoms with Gasteiger partial charge in [-0.3, -0.25) is 0 Å². The monoisotopic (exact) mass is 210 g/mol. The molecular weight excluding hydrogens is 200 g/mol. The highest BCUT2D eigenvalue weighted by Gasteiger charge is 2.02. The Balaban J connectivity index is 2.23. The molecule has 0 aliphatic carbocycles. The molecule has 0 spiro atoms. The van der Waals surface area contributed by atoms with Gasteiger partial charge in [0.1, 0.15) is 0 Å². The first kappa shape index (κ1) is 8.94. The first-order valence-corrected chi connectivity index (χ1v) is 5.88. The maximum Gasteiger partial charge on any atom is 0.0479 e. The molecule has 0 radical (unpaired) electrons. The summed E-state index contributed by atoms with van der Waals surface area (Å²) >= 11 is 3.47. The van der Waals surface area contributed by atoms with Gasteiger partial charge >= 0.3 is 0 Å². The minimum Gasteiger partial charge on any atom is -0.396 e. The summed E-state index contributed by atoms with van der Waals surface area (Å²) in [4.78, 5) is 2.56. The molecular formula is C10H10OS2. The maximum atomic E-state index is 8.77. The van der Waals surface area contributed by atoms with Gasteiger partial charge in [0.15, 0.2) is 0 Å². The van der Waals surface area contributed by atoms with E-state index in [9.17, 15) is 0 Å². The van der Waals surface area contributed by atoms with Gasteiger partial charge in [0, 0.05) is 28.3 Å². The Morgan fingerprint density at radius 3 is 2.92 bits per heavy atom. The quantitative estimate of drug-likeness (QED) is 0.825. The van der Waals surface area contributed by atoms with E-state index in [4.69, 9.17) is 5.11 Å². The summed E-state index contributed by atoms with van der Waals surface area (Å²) in [6.45, 7) is 0.240. The lowest BCUT2D eigenvalue weighted by Gasteiger charge is -1.89. The summed E-state index contributed by atoms with van der Waals surface area (Å²) in [6, 6.07) is 6.34. The van der Waals surface area contributed by atoms with E-state index >= 15 is 0 Å². The molecule has 0 aliphatic heterocycles. The molecule has 0 unspecified atom stereocenters. The first-order valence-electron chi connectivity index (χ1n) is 4.12. The second-order valence-electron chi connectivity index (χ2n) is 2.75. The second kappa shape index (κ2) is 4.05. The number of thiophene rings is 2. The summed E-state index contributed by atoms with van der Waals surface area (Å²) < 4.78 is 0. The lowest BCUT2D eigenvalue weighted by atomic mass is 10.2. The van der Waals surface area contributed by atoms with Crippen LogP contribution in [0.1, 0.15) is 4.88 Å². The normalized spacial score (nSPS) is 10.5. The number of aliphatic hydroxyl groups excluding tert-OH is 1. The van der Waals surface area contributed by atoms with Gasteiger partial charge in [-0.2, -0.15) is 0 Å². The zero-order valence-corrected chi connectivity index (χ0v) is 8.70. The average Bonchev–Trinajstić information content (AvgIpc) is 2.70. The fraction of sp³-hybridized carbons (Fsp3) is 0.200. The van der Waals surface area contributed by atoms with Crippen molar-refractivity contribution in [3.63, 3.8) is 0 Å². The van der Waals surface area contributed by atoms with Gasteiger partial charge in [0.2, 0.25) is 0 Å². The Bertz CT molecular complexity index is 362. The van der Waals surface area contributed by atoms with E-state index in [0.29, 0.717) is 0 Å². The summed E-state index contributed by atoms with van der Waals surface area (Å²) in [5, 5.41) is 13.0. The Morgan fingerprint density at radius 1 is 1.31 bits per heavy atom. The van der Waals surface area contributed by atoms with E-state index < -0.39 is 0 Å². The van der Waals surface area contributed by atoms with E-state index in [1.165, 1.54) is 15.3 Å².